The summed E-state index contributed by atoms with van der Waals surface area (Å²) in [5.74, 6) is 1.47. The van der Waals surface area contributed by atoms with Crippen molar-refractivity contribution in [3.05, 3.63) is 68.8 Å². The number of hydrogen-bond acceptors (Lipinski definition) is 6. The first kappa shape index (κ1) is 22.8. The summed E-state index contributed by atoms with van der Waals surface area (Å²) in [6.07, 6.45) is 3.81. The van der Waals surface area contributed by atoms with Crippen LogP contribution in [0.15, 0.2) is 46.4 Å². The molecule has 8 heteroatoms. The molecule has 0 spiro atoms. The molecule has 2 aliphatic heterocycles. The van der Waals surface area contributed by atoms with E-state index in [2.05, 4.69) is 39.3 Å². The number of benzene rings is 1. The van der Waals surface area contributed by atoms with Gasteiger partial charge in [0, 0.05) is 48.9 Å². The molecule has 1 atom stereocenters. The maximum absolute atomic E-state index is 7.01. The van der Waals surface area contributed by atoms with Crippen molar-refractivity contribution in [3.63, 3.8) is 0 Å². The Balaban J connectivity index is 1.38. The summed E-state index contributed by atoms with van der Waals surface area (Å²) >= 11 is 15.5. The van der Waals surface area contributed by atoms with Crippen LogP contribution in [-0.4, -0.2) is 56.2 Å². The lowest BCUT2D eigenvalue weighted by molar-refractivity contribution is 0.134. The lowest BCUT2D eigenvalue weighted by Crippen LogP contribution is -2.45. The zero-order chi connectivity index (χ0) is 22.9. The molecule has 0 N–H and O–H groups in total. The minimum Gasteiger partial charge on any atom is -0.491 e. The molecule has 1 saturated heterocycles. The van der Waals surface area contributed by atoms with Crippen molar-refractivity contribution < 1.29 is 9.15 Å². The average Bonchev–Trinajstić information content (AvgIpc) is 3.51. The highest BCUT2D eigenvalue weighted by molar-refractivity contribution is 7.11. The quantitative estimate of drug-likeness (QED) is 0.296. The summed E-state index contributed by atoms with van der Waals surface area (Å²) < 4.78 is 11.8. The smallest absolute Gasteiger partial charge is 0.150 e. The van der Waals surface area contributed by atoms with Crippen molar-refractivity contribution in [1.29, 1.82) is 0 Å². The minimum absolute atomic E-state index is 0.366. The molecule has 2 aliphatic rings. The molecule has 1 unspecified atom stereocenters. The number of ether oxygens (including phenoxy) is 1. The Kier molecular flexibility index (Phi) is 6.72. The molecule has 5 rings (SSSR count). The lowest BCUT2D eigenvalue weighted by atomic mass is 10.0. The Bertz CT molecular complexity index is 1140. The second kappa shape index (κ2) is 9.72. The number of rotatable bonds is 6. The van der Waals surface area contributed by atoms with Gasteiger partial charge in [-0.2, -0.15) is 0 Å². The number of hydrogen-bond donors (Lipinski definition) is 0. The SMILES string of the molecule is Cc1c(N2C(c3ccco3)=Cc3sccc3C2Cl)ccc(OCCN2CCN(C)CC2)c1Cl. The van der Waals surface area contributed by atoms with Gasteiger partial charge in [-0.1, -0.05) is 23.2 Å². The molecule has 0 amide bonds. The predicted octanol–water partition coefficient (Wildman–Crippen LogP) is 6.18. The van der Waals surface area contributed by atoms with Crippen LogP contribution < -0.4 is 9.64 Å². The fraction of sp³-hybridized carbons (Fsp3) is 0.360. The first-order valence-corrected chi connectivity index (χ1v) is 12.8. The third kappa shape index (κ3) is 4.55. The molecule has 33 heavy (non-hydrogen) atoms. The number of piperazine rings is 1. The van der Waals surface area contributed by atoms with Gasteiger partial charge in [0.15, 0.2) is 0 Å². The standard InChI is InChI=1S/C25H27Cl2N3O2S/c1-17-19(5-6-22(24(17)26)32-14-12-29-10-8-28(2)9-11-29)30-20(21-4-3-13-31-21)16-23-18(25(30)27)7-15-33-23/h3-7,13,15-16,25H,8-12,14H2,1-2H3. The summed E-state index contributed by atoms with van der Waals surface area (Å²) in [6, 6.07) is 9.90. The van der Waals surface area contributed by atoms with Crippen molar-refractivity contribution >= 4 is 52.0 Å². The molecular formula is C25H27Cl2N3O2S. The molecular weight excluding hydrogens is 477 g/mol. The van der Waals surface area contributed by atoms with Crippen LogP contribution in [0.5, 0.6) is 5.75 Å². The Morgan fingerprint density at radius 3 is 2.73 bits per heavy atom. The highest BCUT2D eigenvalue weighted by atomic mass is 35.5. The zero-order valence-corrected chi connectivity index (χ0v) is 21.1. The molecule has 0 aliphatic carbocycles. The largest absolute Gasteiger partial charge is 0.491 e. The molecule has 1 fully saturated rings. The van der Waals surface area contributed by atoms with Crippen molar-refractivity contribution in [2.24, 2.45) is 0 Å². The first-order chi connectivity index (χ1) is 16.0. The van der Waals surface area contributed by atoms with E-state index in [-0.39, 0.29) is 5.50 Å². The van der Waals surface area contributed by atoms with Gasteiger partial charge in [-0.15, -0.1) is 11.3 Å². The van der Waals surface area contributed by atoms with Crippen molar-refractivity contribution in [2.45, 2.75) is 12.4 Å². The van der Waals surface area contributed by atoms with E-state index in [1.54, 1.807) is 17.6 Å². The third-order valence-corrected chi connectivity index (χ3v) is 8.13. The number of likely N-dealkylation sites (N-methyl/N-ethyl adjacent to an activating group) is 1. The maximum Gasteiger partial charge on any atom is 0.150 e. The van der Waals surface area contributed by atoms with Gasteiger partial charge in [-0.3, -0.25) is 4.90 Å². The van der Waals surface area contributed by atoms with Crippen LogP contribution in [0.25, 0.3) is 11.8 Å². The number of furan rings is 1. The molecule has 3 aromatic rings. The monoisotopic (exact) mass is 503 g/mol. The van der Waals surface area contributed by atoms with E-state index in [1.807, 2.05) is 31.2 Å². The van der Waals surface area contributed by atoms with Crippen LogP contribution in [0, 0.1) is 6.92 Å². The van der Waals surface area contributed by atoms with Gasteiger partial charge in [0.25, 0.3) is 0 Å². The van der Waals surface area contributed by atoms with Crippen LogP contribution in [0.1, 0.15) is 27.3 Å². The highest BCUT2D eigenvalue weighted by Gasteiger charge is 2.32. The Hall–Kier alpha value is -1.96. The maximum atomic E-state index is 7.01. The summed E-state index contributed by atoms with van der Waals surface area (Å²) in [5, 5.41) is 2.68. The molecule has 2 aromatic heterocycles. The van der Waals surface area contributed by atoms with Gasteiger partial charge in [0.2, 0.25) is 0 Å². The van der Waals surface area contributed by atoms with E-state index < -0.39 is 0 Å². The molecule has 0 radical (unpaired) electrons. The van der Waals surface area contributed by atoms with Crippen molar-refractivity contribution in [3.8, 4) is 5.75 Å². The number of halogens is 2. The summed E-state index contributed by atoms with van der Waals surface area (Å²) in [6.45, 7) is 7.86. The number of anilines is 1. The molecule has 1 aromatic carbocycles. The van der Waals surface area contributed by atoms with Crippen molar-refractivity contribution in [2.75, 3.05) is 51.3 Å². The highest BCUT2D eigenvalue weighted by Crippen LogP contribution is 2.48. The number of fused-ring (bicyclic) bond motifs is 1. The van der Waals surface area contributed by atoms with Gasteiger partial charge < -0.3 is 19.0 Å². The van der Waals surface area contributed by atoms with E-state index in [4.69, 9.17) is 32.4 Å². The van der Waals surface area contributed by atoms with E-state index in [1.165, 1.54) is 0 Å². The second-order valence-corrected chi connectivity index (χ2v) is 10.2. The zero-order valence-electron chi connectivity index (χ0n) is 18.8. The van der Waals surface area contributed by atoms with E-state index in [9.17, 15) is 0 Å². The predicted molar refractivity (Wildman–Crippen MR) is 138 cm³/mol. The molecule has 4 heterocycles. The van der Waals surface area contributed by atoms with Crippen LogP contribution in [0.3, 0.4) is 0 Å². The van der Waals surface area contributed by atoms with Crippen LogP contribution in [0.4, 0.5) is 5.69 Å². The fourth-order valence-electron chi connectivity index (χ4n) is 4.34. The Morgan fingerprint density at radius 1 is 1.15 bits per heavy atom. The van der Waals surface area contributed by atoms with Crippen LogP contribution in [-0.2, 0) is 0 Å². The second-order valence-electron chi connectivity index (χ2n) is 8.47. The van der Waals surface area contributed by atoms with Crippen LogP contribution in [0.2, 0.25) is 5.02 Å². The van der Waals surface area contributed by atoms with E-state index >= 15 is 0 Å². The Labute approximate surface area is 208 Å². The topological polar surface area (TPSA) is 32.1 Å². The molecule has 5 nitrogen and oxygen atoms in total. The van der Waals surface area contributed by atoms with Gasteiger partial charge in [-0.05, 0) is 61.3 Å². The van der Waals surface area contributed by atoms with Crippen LogP contribution >= 0.6 is 34.5 Å². The summed E-state index contributed by atoms with van der Waals surface area (Å²) in [5.41, 5.74) is 3.49. The normalized spacial score (nSPS) is 19.5. The Morgan fingerprint density at radius 2 is 1.97 bits per heavy atom. The van der Waals surface area contributed by atoms with Gasteiger partial charge in [0.05, 0.1) is 17.0 Å². The summed E-state index contributed by atoms with van der Waals surface area (Å²) in [7, 11) is 2.16. The van der Waals surface area contributed by atoms with E-state index in [0.717, 1.165) is 65.9 Å². The molecule has 174 valence electrons. The minimum atomic E-state index is -0.366. The fourth-order valence-corrected chi connectivity index (χ4v) is 5.88. The first-order valence-electron chi connectivity index (χ1n) is 11.1. The molecule has 0 saturated carbocycles. The molecule has 0 bridgehead atoms. The average molecular weight is 504 g/mol. The number of alkyl halides is 1. The van der Waals surface area contributed by atoms with Gasteiger partial charge >= 0.3 is 0 Å². The lowest BCUT2D eigenvalue weighted by Gasteiger charge is -2.35. The number of thiophene rings is 1. The van der Waals surface area contributed by atoms with Gasteiger partial charge in [0.1, 0.15) is 23.6 Å². The number of nitrogens with zero attached hydrogens (tertiary/aromatic N) is 3. The summed E-state index contributed by atoms with van der Waals surface area (Å²) in [4.78, 5) is 8.01. The van der Waals surface area contributed by atoms with E-state index in [0.29, 0.717) is 17.4 Å². The third-order valence-electron chi connectivity index (χ3n) is 6.35. The van der Waals surface area contributed by atoms with Crippen molar-refractivity contribution in [1.82, 2.24) is 9.80 Å². The van der Waals surface area contributed by atoms with Gasteiger partial charge in [-0.25, -0.2) is 0 Å².